The van der Waals surface area contributed by atoms with Crippen molar-refractivity contribution in [3.05, 3.63) is 112 Å². The summed E-state index contributed by atoms with van der Waals surface area (Å²) in [4.78, 5) is 16.4. The molecule has 206 valence electrons. The van der Waals surface area contributed by atoms with Gasteiger partial charge in [-0.15, -0.1) is 0 Å². The molecule has 1 aliphatic carbocycles. The summed E-state index contributed by atoms with van der Waals surface area (Å²) in [6, 6.07) is 22.2. The van der Waals surface area contributed by atoms with Crippen molar-refractivity contribution in [2.45, 2.75) is 37.4 Å². The first-order chi connectivity index (χ1) is 19.3. The maximum atomic E-state index is 13.7. The van der Waals surface area contributed by atoms with E-state index < -0.39 is 11.6 Å². The Morgan fingerprint density at radius 3 is 2.62 bits per heavy atom. The zero-order valence-electron chi connectivity index (χ0n) is 22.2. The van der Waals surface area contributed by atoms with Crippen molar-refractivity contribution >= 4 is 52.4 Å². The first-order valence-corrected chi connectivity index (χ1v) is 14.7. The first-order valence-electron chi connectivity index (χ1n) is 13.3. The molecule has 3 aromatic carbocycles. The molecule has 1 aromatic heterocycles. The lowest BCUT2D eigenvalue weighted by atomic mass is 10.0. The SMILES string of the molecule is COC(=O)CC1(CSC(CCc2ccccc2Cl)c2cccc(C=Cc3ccc4cc(F)c(F)cc4n3)c2)CC1. The van der Waals surface area contributed by atoms with Gasteiger partial charge in [0.15, 0.2) is 11.6 Å². The Morgan fingerprint density at radius 2 is 1.85 bits per heavy atom. The van der Waals surface area contributed by atoms with Crippen molar-refractivity contribution in [3.8, 4) is 0 Å². The monoisotopic (exact) mass is 577 g/mol. The fourth-order valence-electron chi connectivity index (χ4n) is 4.81. The number of benzene rings is 3. The van der Waals surface area contributed by atoms with Gasteiger partial charge in [-0.3, -0.25) is 4.79 Å². The van der Waals surface area contributed by atoms with E-state index in [1.807, 2.05) is 54.2 Å². The van der Waals surface area contributed by atoms with E-state index in [1.165, 1.54) is 12.7 Å². The number of aromatic nitrogens is 1. The van der Waals surface area contributed by atoms with Gasteiger partial charge < -0.3 is 4.74 Å². The maximum Gasteiger partial charge on any atom is 0.306 e. The molecule has 5 rings (SSSR count). The standard InChI is InChI=1S/C33H30ClF2NO2S/c1-39-32(38)20-33(15-16-33)21-40-31(14-11-23-6-2-3-8-27(23)34)25-7-4-5-22(17-25)9-12-26-13-10-24-18-28(35)29(36)19-30(24)37-26/h2-10,12-13,17-19,31H,11,14-16,20-21H2,1H3. The van der Waals surface area contributed by atoms with E-state index >= 15 is 0 Å². The Hall–Kier alpha value is -3.22. The molecule has 1 unspecified atom stereocenters. The zero-order chi connectivity index (χ0) is 28.1. The third-order valence-corrected chi connectivity index (χ3v) is 9.47. The summed E-state index contributed by atoms with van der Waals surface area (Å²) < 4.78 is 32.2. The molecule has 0 spiro atoms. The summed E-state index contributed by atoms with van der Waals surface area (Å²) in [6.45, 7) is 0. The topological polar surface area (TPSA) is 39.2 Å². The van der Waals surface area contributed by atoms with Crippen LogP contribution in [0.3, 0.4) is 0 Å². The molecular formula is C33H30ClF2NO2S. The molecule has 0 bridgehead atoms. The molecule has 0 amide bonds. The number of fused-ring (bicyclic) bond motifs is 1. The molecule has 1 heterocycles. The molecule has 1 aliphatic rings. The fraction of sp³-hybridized carbons (Fsp3) is 0.273. The smallest absolute Gasteiger partial charge is 0.306 e. The maximum absolute atomic E-state index is 13.7. The number of ether oxygens (including phenoxy) is 1. The summed E-state index contributed by atoms with van der Waals surface area (Å²) in [6.07, 6.45) is 8.17. The van der Waals surface area contributed by atoms with Crippen molar-refractivity contribution < 1.29 is 18.3 Å². The lowest BCUT2D eigenvalue weighted by molar-refractivity contribution is -0.141. The largest absolute Gasteiger partial charge is 0.469 e. The van der Waals surface area contributed by atoms with E-state index in [1.54, 1.807) is 12.1 Å². The van der Waals surface area contributed by atoms with E-state index in [0.717, 1.165) is 59.7 Å². The van der Waals surface area contributed by atoms with Crippen LogP contribution in [-0.2, 0) is 16.0 Å². The number of aryl methyl sites for hydroxylation is 1. The molecule has 4 aromatic rings. The third-order valence-electron chi connectivity index (χ3n) is 7.41. The summed E-state index contributed by atoms with van der Waals surface area (Å²) in [5.41, 5.74) is 4.45. The lowest BCUT2D eigenvalue weighted by Gasteiger charge is -2.21. The quantitative estimate of drug-likeness (QED) is 0.167. The summed E-state index contributed by atoms with van der Waals surface area (Å²) in [7, 11) is 1.45. The molecule has 0 radical (unpaired) electrons. The molecule has 1 fully saturated rings. The summed E-state index contributed by atoms with van der Waals surface area (Å²) >= 11 is 8.35. The van der Waals surface area contributed by atoms with E-state index in [4.69, 9.17) is 16.3 Å². The molecule has 1 atom stereocenters. The van der Waals surface area contributed by atoms with Gasteiger partial charge in [0.05, 0.1) is 24.7 Å². The number of halogens is 3. The number of carbonyl (C=O) groups is 1. The zero-order valence-corrected chi connectivity index (χ0v) is 23.8. The van der Waals surface area contributed by atoms with Gasteiger partial charge >= 0.3 is 5.97 Å². The molecular weight excluding hydrogens is 548 g/mol. The molecule has 0 saturated heterocycles. The van der Waals surface area contributed by atoms with Gasteiger partial charge in [0, 0.05) is 27.5 Å². The molecule has 1 saturated carbocycles. The number of rotatable bonds is 11. The second kappa shape index (κ2) is 12.5. The highest BCUT2D eigenvalue weighted by molar-refractivity contribution is 7.99. The number of esters is 1. The van der Waals surface area contributed by atoms with Crippen LogP contribution in [0, 0.1) is 17.0 Å². The second-order valence-electron chi connectivity index (χ2n) is 10.4. The number of methoxy groups -OCH3 is 1. The van der Waals surface area contributed by atoms with Crippen molar-refractivity contribution in [1.82, 2.24) is 4.98 Å². The average Bonchev–Trinajstić information content (AvgIpc) is 3.72. The highest BCUT2D eigenvalue weighted by atomic mass is 35.5. The third kappa shape index (κ3) is 7.10. The van der Waals surface area contributed by atoms with Gasteiger partial charge in [0.2, 0.25) is 0 Å². The van der Waals surface area contributed by atoms with Crippen molar-refractivity contribution in [3.63, 3.8) is 0 Å². The van der Waals surface area contributed by atoms with Gasteiger partial charge in [-0.25, -0.2) is 13.8 Å². The molecule has 0 aliphatic heterocycles. The summed E-state index contributed by atoms with van der Waals surface area (Å²) in [5, 5.41) is 1.55. The Balaban J connectivity index is 1.35. The fourth-order valence-corrected chi connectivity index (χ4v) is 6.61. The molecule has 7 heteroatoms. The highest BCUT2D eigenvalue weighted by Crippen LogP contribution is 2.53. The van der Waals surface area contributed by atoms with Gasteiger partial charge in [-0.2, -0.15) is 11.8 Å². The predicted molar refractivity (Wildman–Crippen MR) is 160 cm³/mol. The van der Waals surface area contributed by atoms with Crippen molar-refractivity contribution in [2.75, 3.05) is 12.9 Å². The molecule has 3 nitrogen and oxygen atoms in total. The van der Waals surface area contributed by atoms with Gasteiger partial charge in [-0.1, -0.05) is 66.2 Å². The molecule has 40 heavy (non-hydrogen) atoms. The second-order valence-corrected chi connectivity index (χ2v) is 12.0. The minimum Gasteiger partial charge on any atom is -0.469 e. The van der Waals surface area contributed by atoms with Crippen LogP contribution in [0.25, 0.3) is 23.1 Å². The number of carbonyl (C=O) groups excluding carboxylic acids is 1. The number of hydrogen-bond donors (Lipinski definition) is 0. The Labute approximate surface area is 242 Å². The average molecular weight is 578 g/mol. The van der Waals surface area contributed by atoms with Crippen LogP contribution >= 0.6 is 23.4 Å². The lowest BCUT2D eigenvalue weighted by Crippen LogP contribution is -2.14. The van der Waals surface area contributed by atoms with E-state index in [-0.39, 0.29) is 16.6 Å². The predicted octanol–water partition coefficient (Wildman–Crippen LogP) is 9.09. The van der Waals surface area contributed by atoms with E-state index in [9.17, 15) is 13.6 Å². The van der Waals surface area contributed by atoms with Crippen LogP contribution in [0.4, 0.5) is 8.78 Å². The normalized spacial score (nSPS) is 14.9. The van der Waals surface area contributed by atoms with E-state index in [0.29, 0.717) is 23.0 Å². The van der Waals surface area contributed by atoms with Crippen molar-refractivity contribution in [2.24, 2.45) is 5.41 Å². The van der Waals surface area contributed by atoms with Crippen LogP contribution in [0.15, 0.2) is 72.8 Å². The van der Waals surface area contributed by atoms with Crippen LogP contribution in [0.2, 0.25) is 5.02 Å². The van der Waals surface area contributed by atoms with Crippen LogP contribution in [0.5, 0.6) is 0 Å². The minimum atomic E-state index is -0.909. The van der Waals surface area contributed by atoms with Gasteiger partial charge in [0.25, 0.3) is 0 Å². The van der Waals surface area contributed by atoms with Crippen LogP contribution in [0.1, 0.15) is 53.3 Å². The number of thioether (sulfide) groups is 1. The van der Waals surface area contributed by atoms with Crippen LogP contribution < -0.4 is 0 Å². The Bertz CT molecular complexity index is 1550. The summed E-state index contributed by atoms with van der Waals surface area (Å²) in [5.74, 6) is -1.04. The van der Waals surface area contributed by atoms with Gasteiger partial charge in [-0.05, 0) is 72.1 Å². The highest BCUT2D eigenvalue weighted by Gasteiger charge is 2.45. The number of nitrogens with zero attached hydrogens (tertiary/aromatic N) is 1. The van der Waals surface area contributed by atoms with Crippen molar-refractivity contribution in [1.29, 1.82) is 0 Å². The Morgan fingerprint density at radius 1 is 1.05 bits per heavy atom. The van der Waals surface area contributed by atoms with E-state index in [2.05, 4.69) is 23.2 Å². The number of pyridine rings is 1. The van der Waals surface area contributed by atoms with Crippen LogP contribution in [-0.4, -0.2) is 23.8 Å². The minimum absolute atomic E-state index is 0.0298. The van der Waals surface area contributed by atoms with Gasteiger partial charge in [0.1, 0.15) is 0 Å². The number of hydrogen-bond acceptors (Lipinski definition) is 4. The Kier molecular flexibility index (Phi) is 8.87. The molecule has 0 N–H and O–H groups in total. The first kappa shape index (κ1) is 28.3.